The number of hydrogen-bond donors (Lipinski definition) is 2. The SMILES string of the molecule is COCCOC(=O)C1=C(C)NC(=O)NC1c1cn(-c2ccccc2)nc1-c1ccccc1. The van der Waals surface area contributed by atoms with Crippen molar-refractivity contribution >= 4 is 12.0 Å². The Hall–Kier alpha value is -3.91. The molecule has 164 valence electrons. The molecule has 1 aromatic heterocycles. The van der Waals surface area contributed by atoms with Crippen molar-refractivity contribution in [3.63, 3.8) is 0 Å². The maximum Gasteiger partial charge on any atom is 0.338 e. The first-order chi connectivity index (χ1) is 15.6. The first-order valence-electron chi connectivity index (χ1n) is 10.2. The smallest absolute Gasteiger partial charge is 0.338 e. The van der Waals surface area contributed by atoms with E-state index in [0.717, 1.165) is 11.3 Å². The Morgan fingerprint density at radius 1 is 1.06 bits per heavy atom. The van der Waals surface area contributed by atoms with Gasteiger partial charge < -0.3 is 20.1 Å². The van der Waals surface area contributed by atoms with Gasteiger partial charge in [0.15, 0.2) is 0 Å². The van der Waals surface area contributed by atoms with E-state index in [4.69, 9.17) is 14.6 Å². The van der Waals surface area contributed by atoms with Crippen LogP contribution in [-0.2, 0) is 14.3 Å². The van der Waals surface area contributed by atoms with E-state index in [1.54, 1.807) is 11.6 Å². The fourth-order valence-corrected chi connectivity index (χ4v) is 3.63. The van der Waals surface area contributed by atoms with Gasteiger partial charge in [-0.1, -0.05) is 48.5 Å². The van der Waals surface area contributed by atoms with Crippen LogP contribution in [0.1, 0.15) is 18.5 Å². The Balaban J connectivity index is 1.82. The minimum Gasteiger partial charge on any atom is -0.460 e. The summed E-state index contributed by atoms with van der Waals surface area (Å²) in [6, 6.07) is 18.2. The van der Waals surface area contributed by atoms with Crippen LogP contribution in [0.4, 0.5) is 4.79 Å². The number of rotatable bonds is 7. The van der Waals surface area contributed by atoms with Gasteiger partial charge in [-0.05, 0) is 19.1 Å². The Morgan fingerprint density at radius 2 is 1.75 bits per heavy atom. The number of carbonyl (C=O) groups excluding carboxylic acids is 2. The van der Waals surface area contributed by atoms with Crippen LogP contribution in [0.2, 0.25) is 0 Å². The largest absolute Gasteiger partial charge is 0.460 e. The van der Waals surface area contributed by atoms with Crippen molar-refractivity contribution in [1.82, 2.24) is 20.4 Å². The van der Waals surface area contributed by atoms with Crippen molar-refractivity contribution in [3.8, 4) is 16.9 Å². The van der Waals surface area contributed by atoms with Crippen LogP contribution in [0.3, 0.4) is 0 Å². The number of allylic oxidation sites excluding steroid dienone is 1. The summed E-state index contributed by atoms with van der Waals surface area (Å²) < 4.78 is 12.1. The summed E-state index contributed by atoms with van der Waals surface area (Å²) in [6.45, 7) is 2.08. The number of esters is 1. The third-order valence-corrected chi connectivity index (χ3v) is 5.13. The minimum atomic E-state index is -0.730. The summed E-state index contributed by atoms with van der Waals surface area (Å²) in [7, 11) is 1.54. The van der Waals surface area contributed by atoms with Crippen molar-refractivity contribution < 1.29 is 19.1 Å². The number of ether oxygens (including phenoxy) is 2. The third kappa shape index (κ3) is 4.40. The van der Waals surface area contributed by atoms with Gasteiger partial charge in [-0.3, -0.25) is 0 Å². The number of nitrogens with zero attached hydrogens (tertiary/aromatic N) is 2. The molecule has 1 aliphatic heterocycles. The zero-order valence-corrected chi connectivity index (χ0v) is 17.9. The maximum atomic E-state index is 12.9. The summed E-state index contributed by atoms with van der Waals surface area (Å²) >= 11 is 0. The highest BCUT2D eigenvalue weighted by atomic mass is 16.6. The molecule has 1 atom stereocenters. The molecule has 1 aliphatic rings. The van der Waals surface area contributed by atoms with Crippen LogP contribution in [0.25, 0.3) is 16.9 Å². The summed E-state index contributed by atoms with van der Waals surface area (Å²) in [4.78, 5) is 25.3. The van der Waals surface area contributed by atoms with E-state index < -0.39 is 18.0 Å². The molecule has 8 nitrogen and oxygen atoms in total. The van der Waals surface area contributed by atoms with Crippen molar-refractivity contribution in [1.29, 1.82) is 0 Å². The maximum absolute atomic E-state index is 12.9. The molecule has 0 aliphatic carbocycles. The number of amides is 2. The lowest BCUT2D eigenvalue weighted by atomic mass is 9.94. The van der Waals surface area contributed by atoms with Gasteiger partial charge in [-0.15, -0.1) is 0 Å². The van der Waals surface area contributed by atoms with E-state index in [1.807, 2.05) is 66.9 Å². The predicted octanol–water partition coefficient (Wildman–Crippen LogP) is 3.36. The number of benzene rings is 2. The normalized spacial score (nSPS) is 15.8. The molecule has 2 amide bonds. The number of carbonyl (C=O) groups is 2. The van der Waals surface area contributed by atoms with Gasteiger partial charge in [0.1, 0.15) is 6.61 Å². The molecule has 0 saturated heterocycles. The fraction of sp³-hybridized carbons (Fsp3) is 0.208. The molecular formula is C24H24N4O4. The quantitative estimate of drug-likeness (QED) is 0.441. The van der Waals surface area contributed by atoms with E-state index in [1.165, 1.54) is 7.11 Å². The van der Waals surface area contributed by atoms with Crippen LogP contribution >= 0.6 is 0 Å². The zero-order chi connectivity index (χ0) is 22.5. The van der Waals surface area contributed by atoms with Crippen molar-refractivity contribution in [2.45, 2.75) is 13.0 Å². The Kier molecular flexibility index (Phi) is 6.32. The number of methoxy groups -OCH3 is 1. The van der Waals surface area contributed by atoms with Crippen LogP contribution in [-0.4, -0.2) is 42.1 Å². The van der Waals surface area contributed by atoms with Crippen LogP contribution in [0, 0.1) is 0 Å². The third-order valence-electron chi connectivity index (χ3n) is 5.13. The Labute approximate surface area is 185 Å². The second-order valence-corrected chi connectivity index (χ2v) is 7.28. The van der Waals surface area contributed by atoms with Gasteiger partial charge in [0.2, 0.25) is 0 Å². The molecule has 4 rings (SSSR count). The Bertz CT molecular complexity index is 1140. The Morgan fingerprint density at radius 3 is 2.44 bits per heavy atom. The first-order valence-corrected chi connectivity index (χ1v) is 10.2. The lowest BCUT2D eigenvalue weighted by Crippen LogP contribution is -2.45. The first kappa shape index (κ1) is 21.3. The topological polar surface area (TPSA) is 94.5 Å². The van der Waals surface area contributed by atoms with Gasteiger partial charge >= 0.3 is 12.0 Å². The number of nitrogens with one attached hydrogen (secondary N) is 2. The van der Waals surface area contributed by atoms with E-state index in [2.05, 4.69) is 10.6 Å². The summed E-state index contributed by atoms with van der Waals surface area (Å²) in [6.07, 6.45) is 1.84. The number of hydrogen-bond acceptors (Lipinski definition) is 5. The van der Waals surface area contributed by atoms with E-state index in [0.29, 0.717) is 22.5 Å². The van der Waals surface area contributed by atoms with Crippen molar-refractivity contribution in [3.05, 3.63) is 83.7 Å². The van der Waals surface area contributed by atoms with Crippen LogP contribution < -0.4 is 10.6 Å². The van der Waals surface area contributed by atoms with Gasteiger partial charge in [0.25, 0.3) is 0 Å². The molecule has 0 fully saturated rings. The van der Waals surface area contributed by atoms with Gasteiger partial charge in [0.05, 0.1) is 29.6 Å². The molecule has 2 heterocycles. The standard InChI is InChI=1S/C24H24N4O4/c1-16-20(23(29)32-14-13-31-2)22(26-24(30)25-16)19-15-28(18-11-7-4-8-12-18)27-21(19)17-9-5-3-6-10-17/h3-12,15,22H,13-14H2,1-2H3,(H2,25,26,30). The predicted molar refractivity (Wildman–Crippen MR) is 119 cm³/mol. The van der Waals surface area contributed by atoms with Gasteiger partial charge in [0, 0.05) is 30.1 Å². The number of urea groups is 1. The van der Waals surface area contributed by atoms with Crippen LogP contribution in [0.15, 0.2) is 78.1 Å². The van der Waals surface area contributed by atoms with Crippen molar-refractivity contribution in [2.75, 3.05) is 20.3 Å². The number of aromatic nitrogens is 2. The monoisotopic (exact) mass is 432 g/mol. The molecular weight excluding hydrogens is 408 g/mol. The second kappa shape index (κ2) is 9.49. The lowest BCUT2D eigenvalue weighted by molar-refractivity contribution is -0.140. The minimum absolute atomic E-state index is 0.113. The summed E-state index contributed by atoms with van der Waals surface area (Å²) in [5.41, 5.74) is 3.85. The molecule has 0 bridgehead atoms. The molecule has 1 unspecified atom stereocenters. The number of para-hydroxylation sites is 1. The van der Waals surface area contributed by atoms with E-state index >= 15 is 0 Å². The van der Waals surface area contributed by atoms with E-state index in [-0.39, 0.29) is 13.2 Å². The highest BCUT2D eigenvalue weighted by Crippen LogP contribution is 2.34. The molecule has 0 radical (unpaired) electrons. The van der Waals surface area contributed by atoms with Crippen LogP contribution in [0.5, 0.6) is 0 Å². The average molecular weight is 432 g/mol. The molecule has 2 N–H and O–H groups in total. The molecule has 0 saturated carbocycles. The highest BCUT2D eigenvalue weighted by molar-refractivity contribution is 5.95. The average Bonchev–Trinajstić information content (AvgIpc) is 3.25. The summed E-state index contributed by atoms with van der Waals surface area (Å²) in [5.74, 6) is -0.525. The second-order valence-electron chi connectivity index (χ2n) is 7.28. The van der Waals surface area contributed by atoms with Gasteiger partial charge in [-0.25, -0.2) is 14.3 Å². The summed E-state index contributed by atoms with van der Waals surface area (Å²) in [5, 5.41) is 10.3. The molecule has 0 spiro atoms. The zero-order valence-electron chi connectivity index (χ0n) is 17.9. The van der Waals surface area contributed by atoms with E-state index in [9.17, 15) is 9.59 Å². The molecule has 3 aromatic rings. The lowest BCUT2D eigenvalue weighted by Gasteiger charge is -2.27. The fourth-order valence-electron chi connectivity index (χ4n) is 3.63. The molecule has 8 heteroatoms. The highest BCUT2D eigenvalue weighted by Gasteiger charge is 2.35. The molecule has 32 heavy (non-hydrogen) atoms. The molecule has 2 aromatic carbocycles. The van der Waals surface area contributed by atoms with Crippen molar-refractivity contribution in [2.24, 2.45) is 0 Å². The van der Waals surface area contributed by atoms with Gasteiger partial charge in [-0.2, -0.15) is 5.10 Å².